The fourth-order valence-corrected chi connectivity index (χ4v) is 4.98. The number of morpholine rings is 1. The normalized spacial score (nSPS) is 14.1. The zero-order valence-electron chi connectivity index (χ0n) is 18.7. The van der Waals surface area contributed by atoms with E-state index in [1.807, 2.05) is 25.3 Å². The molecule has 1 aromatic carbocycles. The number of anilines is 1. The smallest absolute Gasteiger partial charge is 0.291 e. The number of ether oxygens (including phenoxy) is 1. The van der Waals surface area contributed by atoms with Gasteiger partial charge in [-0.3, -0.25) is 19.7 Å². The summed E-state index contributed by atoms with van der Waals surface area (Å²) in [5.74, 6) is -0.387. The number of aromatic nitrogens is 4. The van der Waals surface area contributed by atoms with Crippen molar-refractivity contribution in [1.82, 2.24) is 19.4 Å². The molecular weight excluding hydrogens is 440 g/mol. The number of aryl methyl sites for hydroxylation is 2. The first-order valence-electron chi connectivity index (χ1n) is 10.7. The molecule has 1 N–H and O–H groups in total. The van der Waals surface area contributed by atoms with Gasteiger partial charge in [-0.2, -0.15) is 5.10 Å². The molecule has 0 unspecified atom stereocenters. The van der Waals surface area contributed by atoms with E-state index in [0.717, 1.165) is 40.9 Å². The Labute approximate surface area is 194 Å². The molecule has 0 saturated carbocycles. The summed E-state index contributed by atoms with van der Waals surface area (Å²) in [5.41, 5.74) is 6.47. The lowest BCUT2D eigenvalue weighted by atomic mass is 10.1. The van der Waals surface area contributed by atoms with E-state index in [2.05, 4.69) is 15.4 Å². The molecule has 9 nitrogen and oxygen atoms in total. The van der Waals surface area contributed by atoms with Crippen molar-refractivity contribution < 1.29 is 9.53 Å². The topological polar surface area (TPSA) is 94.3 Å². The highest BCUT2D eigenvalue weighted by Gasteiger charge is 2.21. The Balaban J connectivity index is 1.46. The third-order valence-electron chi connectivity index (χ3n) is 5.87. The van der Waals surface area contributed by atoms with Crippen molar-refractivity contribution in [2.45, 2.75) is 13.8 Å². The maximum Gasteiger partial charge on any atom is 0.291 e. The summed E-state index contributed by atoms with van der Waals surface area (Å²) in [5, 5.41) is 8.23. The predicted molar refractivity (Wildman–Crippen MR) is 129 cm³/mol. The molecule has 1 saturated heterocycles. The highest BCUT2D eigenvalue weighted by molar-refractivity contribution is 7.14. The zero-order valence-corrected chi connectivity index (χ0v) is 19.5. The lowest BCUT2D eigenvalue weighted by Gasteiger charge is -2.26. The quantitative estimate of drug-likeness (QED) is 0.499. The number of benzene rings is 1. The van der Waals surface area contributed by atoms with E-state index in [4.69, 9.17) is 9.72 Å². The maximum atomic E-state index is 13.2. The molecule has 0 bridgehead atoms. The number of fused-ring (bicyclic) bond motifs is 1. The summed E-state index contributed by atoms with van der Waals surface area (Å²) in [7, 11) is 1.55. The Morgan fingerprint density at radius 2 is 1.88 bits per heavy atom. The number of nitrogens with zero attached hydrogens (tertiary/aromatic N) is 5. The van der Waals surface area contributed by atoms with Gasteiger partial charge in [-0.1, -0.05) is 18.2 Å². The first-order valence-corrected chi connectivity index (χ1v) is 11.6. The molecule has 10 heteroatoms. The molecule has 0 radical (unpaired) electrons. The lowest BCUT2D eigenvalue weighted by Crippen LogP contribution is -2.36. The summed E-state index contributed by atoms with van der Waals surface area (Å²) >= 11 is 1.61. The molecule has 0 atom stereocenters. The minimum atomic E-state index is -0.387. The van der Waals surface area contributed by atoms with Gasteiger partial charge < -0.3 is 9.64 Å². The average molecular weight is 465 g/mol. The van der Waals surface area contributed by atoms with E-state index >= 15 is 0 Å². The van der Waals surface area contributed by atoms with Gasteiger partial charge in [0.05, 0.1) is 24.3 Å². The summed E-state index contributed by atoms with van der Waals surface area (Å²) < 4.78 is 8.37. The van der Waals surface area contributed by atoms with Crippen molar-refractivity contribution in [2.75, 3.05) is 36.6 Å². The van der Waals surface area contributed by atoms with Crippen LogP contribution in [0.2, 0.25) is 0 Å². The molecule has 1 aliphatic rings. The van der Waals surface area contributed by atoms with Gasteiger partial charge in [0.15, 0.2) is 10.8 Å². The van der Waals surface area contributed by atoms with Gasteiger partial charge in [-0.25, -0.2) is 9.67 Å². The van der Waals surface area contributed by atoms with Crippen LogP contribution in [0, 0.1) is 13.8 Å². The van der Waals surface area contributed by atoms with Gasteiger partial charge >= 0.3 is 0 Å². The number of nitrogens with one attached hydrogen (secondary N) is 1. The van der Waals surface area contributed by atoms with Gasteiger partial charge in [0.25, 0.3) is 11.5 Å². The van der Waals surface area contributed by atoms with Crippen LogP contribution in [0.3, 0.4) is 0 Å². The molecular formula is C23H24N6O3S. The monoisotopic (exact) mass is 464 g/mol. The van der Waals surface area contributed by atoms with Crippen LogP contribution in [0.4, 0.5) is 5.13 Å². The average Bonchev–Trinajstić information content (AvgIpc) is 3.42. The van der Waals surface area contributed by atoms with E-state index < -0.39 is 0 Å². The lowest BCUT2D eigenvalue weighted by molar-refractivity contribution is 0.100. The predicted octanol–water partition coefficient (Wildman–Crippen LogP) is 2.70. The Hall–Kier alpha value is -3.50. The Morgan fingerprint density at radius 1 is 1.15 bits per heavy atom. The second-order valence-electron chi connectivity index (χ2n) is 8.00. The number of amides is 1. The van der Waals surface area contributed by atoms with Crippen LogP contribution in [-0.4, -0.2) is 51.7 Å². The summed E-state index contributed by atoms with van der Waals surface area (Å²) in [6.45, 7) is 6.97. The summed E-state index contributed by atoms with van der Waals surface area (Å²) in [4.78, 5) is 32.7. The van der Waals surface area contributed by atoms with Crippen molar-refractivity contribution in [2.24, 2.45) is 7.05 Å². The van der Waals surface area contributed by atoms with Crippen LogP contribution < -0.4 is 15.9 Å². The first-order chi connectivity index (χ1) is 15.9. The number of thiazole rings is 1. The van der Waals surface area contributed by atoms with E-state index in [-0.39, 0.29) is 17.2 Å². The Kier molecular flexibility index (Phi) is 5.47. The Morgan fingerprint density at radius 3 is 2.64 bits per heavy atom. The molecule has 1 amide bonds. The second-order valence-corrected chi connectivity index (χ2v) is 8.84. The minimum Gasteiger partial charge on any atom is -0.378 e. The van der Waals surface area contributed by atoms with Crippen LogP contribution in [-0.2, 0) is 11.8 Å². The minimum absolute atomic E-state index is 0.199. The van der Waals surface area contributed by atoms with Crippen LogP contribution in [0.5, 0.6) is 0 Å². The van der Waals surface area contributed by atoms with Crippen molar-refractivity contribution >= 4 is 33.1 Å². The molecule has 1 aliphatic heterocycles. The summed E-state index contributed by atoms with van der Waals surface area (Å²) in [6.07, 6.45) is 0. The van der Waals surface area contributed by atoms with Crippen LogP contribution in [0.1, 0.15) is 21.9 Å². The maximum absolute atomic E-state index is 13.2. The van der Waals surface area contributed by atoms with Gasteiger partial charge in [0, 0.05) is 47.9 Å². The van der Waals surface area contributed by atoms with Crippen LogP contribution >= 0.6 is 11.3 Å². The largest absolute Gasteiger partial charge is 0.378 e. The van der Waals surface area contributed by atoms with Gasteiger partial charge in [-0.05, 0) is 26.0 Å². The molecule has 3 aromatic heterocycles. The number of hydrogen-bond donors (Lipinski definition) is 1. The van der Waals surface area contributed by atoms with E-state index in [1.54, 1.807) is 47.3 Å². The standard InChI is InChI=1S/C23H24N6O3S/c1-14-12-18(19-13-33-23(24-19)28-8-10-32-11-9-28)15(2)29(14)26-21(30)20-16-6-4-5-7-17(16)22(31)27(3)25-20/h4-7,12-13H,8-11H2,1-3H3,(H,26,30). The number of carbonyl (C=O) groups is 1. The molecule has 170 valence electrons. The fourth-order valence-electron chi connectivity index (χ4n) is 4.10. The third-order valence-corrected chi connectivity index (χ3v) is 6.77. The number of carbonyl (C=O) groups excluding carboxylic acids is 1. The Bertz CT molecular complexity index is 1410. The first kappa shape index (κ1) is 21.4. The molecule has 33 heavy (non-hydrogen) atoms. The van der Waals surface area contributed by atoms with E-state index in [9.17, 15) is 9.59 Å². The van der Waals surface area contributed by atoms with Gasteiger partial charge in [0.2, 0.25) is 0 Å². The van der Waals surface area contributed by atoms with Crippen LogP contribution in [0.25, 0.3) is 22.0 Å². The molecule has 4 aromatic rings. The molecule has 5 rings (SSSR count). The zero-order chi connectivity index (χ0) is 23.1. The van der Waals surface area contributed by atoms with Gasteiger partial charge in [-0.15, -0.1) is 11.3 Å². The van der Waals surface area contributed by atoms with Crippen molar-refractivity contribution in [3.05, 3.63) is 63.1 Å². The third kappa shape index (κ3) is 3.81. The SMILES string of the molecule is Cc1cc(-c2csc(N3CCOCC3)n2)c(C)n1NC(=O)c1nn(C)c(=O)c2ccccc12. The van der Waals surface area contributed by atoms with Gasteiger partial charge in [0.1, 0.15) is 0 Å². The van der Waals surface area contributed by atoms with Crippen molar-refractivity contribution in [3.8, 4) is 11.3 Å². The van der Waals surface area contributed by atoms with E-state index in [0.29, 0.717) is 24.0 Å². The van der Waals surface area contributed by atoms with E-state index in [1.165, 1.54) is 4.68 Å². The summed E-state index contributed by atoms with van der Waals surface area (Å²) in [6, 6.07) is 9.02. The van der Waals surface area contributed by atoms with Crippen molar-refractivity contribution in [3.63, 3.8) is 0 Å². The highest BCUT2D eigenvalue weighted by atomic mass is 32.1. The fraction of sp³-hybridized carbons (Fsp3) is 0.304. The number of hydrogen-bond acceptors (Lipinski definition) is 7. The van der Waals surface area contributed by atoms with Crippen molar-refractivity contribution in [1.29, 1.82) is 0 Å². The molecule has 4 heterocycles. The molecule has 0 spiro atoms. The second kappa shape index (κ2) is 8.45. The number of rotatable bonds is 4. The highest BCUT2D eigenvalue weighted by Crippen LogP contribution is 2.31. The van der Waals surface area contributed by atoms with Crippen LogP contribution in [0.15, 0.2) is 40.5 Å². The molecule has 1 fully saturated rings. The molecule has 0 aliphatic carbocycles.